The normalized spacial score (nSPS) is 20.1. The van der Waals surface area contributed by atoms with E-state index in [9.17, 15) is 8.42 Å². The van der Waals surface area contributed by atoms with Crippen molar-refractivity contribution in [2.75, 3.05) is 46.4 Å². The average Bonchev–Trinajstić information content (AvgIpc) is 3.02. The molecule has 3 saturated heterocycles. The molecule has 0 aliphatic carbocycles. The van der Waals surface area contributed by atoms with Gasteiger partial charge in [0.2, 0.25) is 9.84 Å². The molecule has 0 amide bonds. The summed E-state index contributed by atoms with van der Waals surface area (Å²) in [7, 11) is -1.81. The summed E-state index contributed by atoms with van der Waals surface area (Å²) in [5.74, 6) is 2.26. The predicted molar refractivity (Wildman–Crippen MR) is 170 cm³/mol. The summed E-state index contributed by atoms with van der Waals surface area (Å²) < 4.78 is 39.1. The van der Waals surface area contributed by atoms with E-state index in [0.717, 1.165) is 22.3 Å². The highest BCUT2D eigenvalue weighted by Crippen LogP contribution is 2.37. The van der Waals surface area contributed by atoms with Crippen molar-refractivity contribution in [3.63, 3.8) is 0 Å². The van der Waals surface area contributed by atoms with Crippen LogP contribution in [0.5, 0.6) is 17.2 Å². The Morgan fingerprint density at radius 1 is 0.744 bits per heavy atom. The largest absolute Gasteiger partial charge is 0.496 e. The van der Waals surface area contributed by atoms with Gasteiger partial charge in [0.15, 0.2) is 0 Å². The molecule has 0 unspecified atom stereocenters. The maximum atomic E-state index is 13.0. The van der Waals surface area contributed by atoms with Crippen LogP contribution in [0, 0.1) is 6.92 Å². The Balaban J connectivity index is 1.17. The number of ether oxygens (including phenoxy) is 2. The van der Waals surface area contributed by atoms with Crippen molar-refractivity contribution in [2.45, 2.75) is 42.5 Å². The SMILES string of the molecule is COc1ccc(C(C)(C)c2ccc(Oc3ccc(S(=O)(=O)c4ccc(C)cc4)cc3)cc2)cc1C[N+]12CCN(CC1)CC2. The molecule has 0 radical (unpaired) electrons. The summed E-state index contributed by atoms with van der Waals surface area (Å²) in [5.41, 5.74) is 4.54. The first-order valence-electron chi connectivity index (χ1n) is 15.0. The Labute approximate surface area is 256 Å². The molecule has 0 saturated carbocycles. The van der Waals surface area contributed by atoms with Crippen LogP contribution in [0.4, 0.5) is 0 Å². The molecule has 224 valence electrons. The number of piperazine rings is 3. The molecule has 3 aliphatic rings. The maximum Gasteiger partial charge on any atom is 0.206 e. The van der Waals surface area contributed by atoms with Crippen LogP contribution in [0.1, 0.15) is 36.1 Å². The number of sulfone groups is 1. The Hall–Kier alpha value is -3.65. The van der Waals surface area contributed by atoms with Gasteiger partial charge in [0.25, 0.3) is 0 Å². The summed E-state index contributed by atoms with van der Waals surface area (Å²) >= 11 is 0. The van der Waals surface area contributed by atoms with Gasteiger partial charge in [0.1, 0.15) is 23.8 Å². The summed E-state index contributed by atoms with van der Waals surface area (Å²) in [4.78, 5) is 3.11. The van der Waals surface area contributed by atoms with E-state index in [4.69, 9.17) is 9.47 Å². The van der Waals surface area contributed by atoms with Crippen LogP contribution < -0.4 is 9.47 Å². The van der Waals surface area contributed by atoms with Gasteiger partial charge in [-0.05, 0) is 78.7 Å². The number of aryl methyl sites for hydroxylation is 1. The summed E-state index contributed by atoms with van der Waals surface area (Å²) in [6.07, 6.45) is 0. The highest BCUT2D eigenvalue weighted by molar-refractivity contribution is 7.91. The Morgan fingerprint density at radius 3 is 1.81 bits per heavy atom. The van der Waals surface area contributed by atoms with Gasteiger partial charge in [-0.2, -0.15) is 0 Å². The minimum atomic E-state index is -3.58. The molecule has 0 aromatic heterocycles. The molecular formula is C36H41N2O4S+. The van der Waals surface area contributed by atoms with Gasteiger partial charge in [-0.3, -0.25) is 4.90 Å². The molecule has 0 spiro atoms. The number of fused-ring (bicyclic) bond motifs is 3. The quantitative estimate of drug-likeness (QED) is 0.204. The Bertz CT molecular complexity index is 1670. The van der Waals surface area contributed by atoms with Gasteiger partial charge in [0, 0.05) is 30.6 Å². The van der Waals surface area contributed by atoms with Crippen LogP contribution in [-0.4, -0.2) is 64.2 Å². The molecule has 0 N–H and O–H groups in total. The van der Waals surface area contributed by atoms with Crippen molar-refractivity contribution in [3.8, 4) is 17.2 Å². The Kier molecular flexibility index (Phi) is 7.84. The number of hydrogen-bond donors (Lipinski definition) is 0. The third-order valence-corrected chi connectivity index (χ3v) is 11.2. The zero-order valence-corrected chi connectivity index (χ0v) is 26.4. The molecule has 2 bridgehead atoms. The fourth-order valence-electron chi connectivity index (χ4n) is 6.40. The minimum Gasteiger partial charge on any atom is -0.496 e. The van der Waals surface area contributed by atoms with Gasteiger partial charge < -0.3 is 14.0 Å². The number of hydrogen-bond acceptors (Lipinski definition) is 5. The number of nitrogens with zero attached hydrogens (tertiary/aromatic N) is 2. The van der Waals surface area contributed by atoms with Crippen molar-refractivity contribution in [2.24, 2.45) is 0 Å². The van der Waals surface area contributed by atoms with Gasteiger partial charge in [-0.1, -0.05) is 49.7 Å². The number of rotatable bonds is 9. The highest BCUT2D eigenvalue weighted by Gasteiger charge is 2.39. The predicted octanol–water partition coefficient (Wildman–Crippen LogP) is 6.60. The first-order valence-corrected chi connectivity index (χ1v) is 16.5. The Morgan fingerprint density at radius 2 is 1.26 bits per heavy atom. The van der Waals surface area contributed by atoms with E-state index in [1.165, 1.54) is 56.0 Å². The molecule has 43 heavy (non-hydrogen) atoms. The number of benzene rings is 4. The molecule has 4 aromatic rings. The van der Waals surface area contributed by atoms with Crippen molar-refractivity contribution in [3.05, 3.63) is 113 Å². The first kappa shape index (κ1) is 29.4. The lowest BCUT2D eigenvalue weighted by Gasteiger charge is -2.50. The molecule has 3 heterocycles. The van der Waals surface area contributed by atoms with E-state index in [0.29, 0.717) is 11.5 Å². The third-order valence-electron chi connectivity index (χ3n) is 9.46. The van der Waals surface area contributed by atoms with Crippen molar-refractivity contribution in [1.29, 1.82) is 0 Å². The molecule has 3 fully saturated rings. The van der Waals surface area contributed by atoms with Crippen molar-refractivity contribution in [1.82, 2.24) is 4.90 Å². The molecule has 6 nitrogen and oxygen atoms in total. The van der Waals surface area contributed by atoms with Gasteiger partial charge in [0.05, 0.1) is 36.5 Å². The first-order chi connectivity index (χ1) is 20.6. The lowest BCUT2D eigenvalue weighted by molar-refractivity contribution is -0.953. The van der Waals surface area contributed by atoms with E-state index in [1.54, 1.807) is 55.6 Å². The fraction of sp³-hybridized carbons (Fsp3) is 0.333. The highest BCUT2D eigenvalue weighted by atomic mass is 32.2. The standard InChI is InChI=1S/C36H41N2O4S/c1-27-5-14-33(15-6-27)43(39,40)34-16-12-32(13-17-34)42-31-10-7-29(8-11-31)36(2,3)30-9-18-35(41-4)28(25-30)26-38-22-19-37(20-23-38)21-24-38/h5-18,25H,19-24,26H2,1-4H3/q+1. The average molecular weight is 598 g/mol. The van der Waals surface area contributed by atoms with Gasteiger partial charge in [-0.15, -0.1) is 0 Å². The van der Waals surface area contributed by atoms with E-state index >= 15 is 0 Å². The summed E-state index contributed by atoms with van der Waals surface area (Å²) in [6, 6.07) is 28.3. The van der Waals surface area contributed by atoms with Crippen LogP contribution in [-0.2, 0) is 21.8 Å². The van der Waals surface area contributed by atoms with E-state index in [-0.39, 0.29) is 15.2 Å². The van der Waals surface area contributed by atoms with Crippen LogP contribution in [0.3, 0.4) is 0 Å². The van der Waals surface area contributed by atoms with E-state index < -0.39 is 9.84 Å². The van der Waals surface area contributed by atoms with Crippen LogP contribution in [0.25, 0.3) is 0 Å². The molecule has 7 rings (SSSR count). The minimum absolute atomic E-state index is 0.216. The van der Waals surface area contributed by atoms with E-state index in [2.05, 4.69) is 49.1 Å². The molecule has 7 heteroatoms. The molecule has 3 aliphatic heterocycles. The maximum absolute atomic E-state index is 13.0. The fourth-order valence-corrected chi connectivity index (χ4v) is 7.66. The second-order valence-corrected chi connectivity index (χ2v) is 14.5. The number of methoxy groups -OCH3 is 1. The number of quaternary nitrogens is 1. The zero-order valence-electron chi connectivity index (χ0n) is 25.5. The van der Waals surface area contributed by atoms with Gasteiger partial charge >= 0.3 is 0 Å². The molecular weight excluding hydrogens is 556 g/mol. The van der Waals surface area contributed by atoms with Crippen LogP contribution >= 0.6 is 0 Å². The monoisotopic (exact) mass is 597 g/mol. The lowest BCUT2D eigenvalue weighted by atomic mass is 9.77. The smallest absolute Gasteiger partial charge is 0.206 e. The van der Waals surface area contributed by atoms with Gasteiger partial charge in [-0.25, -0.2) is 8.42 Å². The van der Waals surface area contributed by atoms with Crippen LogP contribution in [0.15, 0.2) is 101 Å². The lowest BCUT2D eigenvalue weighted by Crippen LogP contribution is -2.66. The zero-order chi connectivity index (χ0) is 30.2. The topological polar surface area (TPSA) is 55.8 Å². The third kappa shape index (κ3) is 5.94. The van der Waals surface area contributed by atoms with Crippen LogP contribution in [0.2, 0.25) is 0 Å². The van der Waals surface area contributed by atoms with E-state index in [1.807, 2.05) is 19.1 Å². The second kappa shape index (κ2) is 11.5. The van der Waals surface area contributed by atoms with Crippen molar-refractivity contribution >= 4 is 9.84 Å². The summed E-state index contributed by atoms with van der Waals surface area (Å²) in [6.45, 7) is 14.7. The molecule has 0 atom stereocenters. The summed E-state index contributed by atoms with van der Waals surface area (Å²) in [5, 5.41) is 0. The second-order valence-electron chi connectivity index (χ2n) is 12.6. The molecule has 4 aromatic carbocycles. The van der Waals surface area contributed by atoms with Crippen molar-refractivity contribution < 1.29 is 22.4 Å².